The molecule has 5 heteroatoms. The van der Waals surface area contributed by atoms with Gasteiger partial charge < -0.3 is 15.8 Å². The number of hydrogen-bond acceptors (Lipinski definition) is 3. The van der Waals surface area contributed by atoms with Gasteiger partial charge in [-0.05, 0) is 19.8 Å². The van der Waals surface area contributed by atoms with E-state index in [1.807, 2.05) is 6.92 Å². The van der Waals surface area contributed by atoms with Crippen LogP contribution >= 0.6 is 12.2 Å². The highest BCUT2D eigenvalue weighted by Gasteiger charge is 2.41. The lowest BCUT2D eigenvalue weighted by molar-refractivity contribution is -0.128. The van der Waals surface area contributed by atoms with Gasteiger partial charge >= 0.3 is 0 Å². The van der Waals surface area contributed by atoms with Crippen LogP contribution < -0.4 is 11.1 Å². The molecule has 0 aromatic heterocycles. The Kier molecular flexibility index (Phi) is 6.57. The summed E-state index contributed by atoms with van der Waals surface area (Å²) in [5, 5.41) is 2.91. The molecule has 1 rings (SSSR count). The number of carbonyl (C=O) groups is 1. The molecule has 0 atom stereocenters. The Bertz CT molecular complexity index is 287. The number of nitrogens with one attached hydrogen (secondary N) is 1. The van der Waals surface area contributed by atoms with Gasteiger partial charge in [0, 0.05) is 13.2 Å². The fraction of sp³-hybridized carbons (Fsp3) is 0.846. The lowest BCUT2D eigenvalue weighted by Crippen LogP contribution is -2.49. The first-order chi connectivity index (χ1) is 8.63. The van der Waals surface area contributed by atoms with Crippen molar-refractivity contribution in [2.24, 2.45) is 11.1 Å². The maximum absolute atomic E-state index is 12.3. The molecule has 0 spiro atoms. The van der Waals surface area contributed by atoms with Gasteiger partial charge in [-0.3, -0.25) is 4.79 Å². The molecule has 0 radical (unpaired) electrons. The summed E-state index contributed by atoms with van der Waals surface area (Å²) in [5.74, 6) is -0.0170. The molecule has 1 saturated carbocycles. The van der Waals surface area contributed by atoms with E-state index in [4.69, 9.17) is 22.7 Å². The topological polar surface area (TPSA) is 64.3 Å². The molecule has 1 aliphatic carbocycles. The molecule has 0 aliphatic heterocycles. The molecular formula is C13H24N2O2S. The Morgan fingerprint density at radius 1 is 1.33 bits per heavy atom. The van der Waals surface area contributed by atoms with Gasteiger partial charge in [0.05, 0.1) is 17.0 Å². The molecule has 0 heterocycles. The van der Waals surface area contributed by atoms with Gasteiger partial charge in [0.15, 0.2) is 0 Å². The first kappa shape index (κ1) is 15.4. The van der Waals surface area contributed by atoms with Gasteiger partial charge in [-0.1, -0.05) is 37.9 Å². The Labute approximate surface area is 115 Å². The number of hydrogen-bond donors (Lipinski definition) is 2. The number of carbonyl (C=O) groups excluding carboxylic acids is 1. The molecule has 0 bridgehead atoms. The predicted molar refractivity (Wildman–Crippen MR) is 76.4 cm³/mol. The van der Waals surface area contributed by atoms with Gasteiger partial charge in [-0.15, -0.1) is 0 Å². The minimum absolute atomic E-state index is 0.0170. The maximum Gasteiger partial charge on any atom is 0.233 e. The average Bonchev–Trinajstić information content (AvgIpc) is 2.61. The SMILES string of the molecule is CCOCCNC(=O)C1(C(N)=S)CCCCCC1. The van der Waals surface area contributed by atoms with E-state index < -0.39 is 5.41 Å². The molecule has 1 amide bonds. The number of thiocarbonyl (C=S) groups is 1. The molecule has 0 saturated heterocycles. The molecule has 18 heavy (non-hydrogen) atoms. The fourth-order valence-corrected chi connectivity index (χ4v) is 2.76. The van der Waals surface area contributed by atoms with E-state index in [0.29, 0.717) is 24.7 Å². The van der Waals surface area contributed by atoms with Crippen molar-refractivity contribution in [3.8, 4) is 0 Å². The number of ether oxygens (including phenoxy) is 1. The van der Waals surface area contributed by atoms with E-state index in [2.05, 4.69) is 5.32 Å². The third kappa shape index (κ3) is 3.92. The van der Waals surface area contributed by atoms with Crippen molar-refractivity contribution in [1.29, 1.82) is 0 Å². The Hall–Kier alpha value is -0.680. The van der Waals surface area contributed by atoms with Crippen molar-refractivity contribution < 1.29 is 9.53 Å². The molecule has 0 aromatic carbocycles. The zero-order valence-corrected chi connectivity index (χ0v) is 12.0. The highest BCUT2D eigenvalue weighted by molar-refractivity contribution is 7.80. The fourth-order valence-electron chi connectivity index (χ4n) is 2.47. The second-order valence-electron chi connectivity index (χ2n) is 4.81. The van der Waals surface area contributed by atoms with Crippen LogP contribution in [0.15, 0.2) is 0 Å². The lowest BCUT2D eigenvalue weighted by atomic mass is 9.79. The second-order valence-corrected chi connectivity index (χ2v) is 5.25. The van der Waals surface area contributed by atoms with Crippen LogP contribution in [0.5, 0.6) is 0 Å². The number of amides is 1. The summed E-state index contributed by atoms with van der Waals surface area (Å²) < 4.78 is 5.21. The average molecular weight is 272 g/mol. The monoisotopic (exact) mass is 272 g/mol. The maximum atomic E-state index is 12.3. The molecule has 4 nitrogen and oxygen atoms in total. The Balaban J connectivity index is 2.59. The van der Waals surface area contributed by atoms with Crippen LogP contribution in [0.3, 0.4) is 0 Å². The van der Waals surface area contributed by atoms with Crippen LogP contribution in [-0.2, 0) is 9.53 Å². The molecule has 1 fully saturated rings. The zero-order chi connectivity index (χ0) is 13.4. The van der Waals surface area contributed by atoms with E-state index in [0.717, 1.165) is 38.5 Å². The third-order valence-electron chi connectivity index (χ3n) is 3.60. The van der Waals surface area contributed by atoms with Gasteiger partial charge in [-0.25, -0.2) is 0 Å². The van der Waals surface area contributed by atoms with E-state index in [1.165, 1.54) is 0 Å². The van der Waals surface area contributed by atoms with Crippen molar-refractivity contribution in [3.05, 3.63) is 0 Å². The minimum atomic E-state index is -0.627. The summed E-state index contributed by atoms with van der Waals surface area (Å²) in [4.78, 5) is 12.7. The molecule has 3 N–H and O–H groups in total. The molecule has 1 aliphatic rings. The highest BCUT2D eigenvalue weighted by atomic mass is 32.1. The number of nitrogens with two attached hydrogens (primary N) is 1. The van der Waals surface area contributed by atoms with Crippen molar-refractivity contribution in [3.63, 3.8) is 0 Å². The first-order valence-corrected chi connectivity index (χ1v) is 7.20. The molecule has 0 aromatic rings. The van der Waals surface area contributed by atoms with Gasteiger partial charge in [0.2, 0.25) is 5.91 Å². The van der Waals surface area contributed by atoms with Crippen molar-refractivity contribution in [2.45, 2.75) is 45.4 Å². The van der Waals surface area contributed by atoms with E-state index >= 15 is 0 Å². The van der Waals surface area contributed by atoms with Crippen LogP contribution in [0.2, 0.25) is 0 Å². The smallest absolute Gasteiger partial charge is 0.233 e. The van der Waals surface area contributed by atoms with Crippen LogP contribution in [0.4, 0.5) is 0 Å². The van der Waals surface area contributed by atoms with Gasteiger partial charge in [0.25, 0.3) is 0 Å². The minimum Gasteiger partial charge on any atom is -0.392 e. The first-order valence-electron chi connectivity index (χ1n) is 6.79. The lowest BCUT2D eigenvalue weighted by Gasteiger charge is -2.30. The van der Waals surface area contributed by atoms with Crippen molar-refractivity contribution in [1.82, 2.24) is 5.32 Å². The molecule has 104 valence electrons. The highest BCUT2D eigenvalue weighted by Crippen LogP contribution is 2.35. The Morgan fingerprint density at radius 2 is 1.94 bits per heavy atom. The third-order valence-corrected chi connectivity index (χ3v) is 3.99. The standard InChI is InChI=1S/C13H24N2O2S/c1-2-17-10-9-15-12(16)13(11(14)18)7-5-3-4-6-8-13/h2-10H2,1H3,(H2,14,18)(H,15,16). The van der Waals surface area contributed by atoms with E-state index in [9.17, 15) is 4.79 Å². The normalized spacial score (nSPS) is 18.9. The van der Waals surface area contributed by atoms with E-state index in [-0.39, 0.29) is 5.91 Å². The van der Waals surface area contributed by atoms with Crippen LogP contribution in [0.25, 0.3) is 0 Å². The van der Waals surface area contributed by atoms with Gasteiger partial charge in [0.1, 0.15) is 0 Å². The van der Waals surface area contributed by atoms with Crippen LogP contribution in [0.1, 0.15) is 45.4 Å². The summed E-state index contributed by atoms with van der Waals surface area (Å²) in [6, 6.07) is 0. The summed E-state index contributed by atoms with van der Waals surface area (Å²) >= 11 is 5.15. The van der Waals surface area contributed by atoms with Crippen LogP contribution in [0, 0.1) is 5.41 Å². The largest absolute Gasteiger partial charge is 0.392 e. The zero-order valence-electron chi connectivity index (χ0n) is 11.2. The summed E-state index contributed by atoms with van der Waals surface area (Å²) in [6.07, 6.45) is 5.94. The Morgan fingerprint density at radius 3 is 2.44 bits per heavy atom. The summed E-state index contributed by atoms with van der Waals surface area (Å²) in [7, 11) is 0. The molecular weight excluding hydrogens is 248 g/mol. The molecule has 0 unspecified atom stereocenters. The summed E-state index contributed by atoms with van der Waals surface area (Å²) in [5.41, 5.74) is 5.22. The van der Waals surface area contributed by atoms with Crippen LogP contribution in [-0.4, -0.2) is 30.7 Å². The number of rotatable bonds is 6. The quantitative estimate of drug-likeness (QED) is 0.439. The van der Waals surface area contributed by atoms with E-state index in [1.54, 1.807) is 0 Å². The second kappa shape index (κ2) is 7.69. The van der Waals surface area contributed by atoms with Gasteiger partial charge in [-0.2, -0.15) is 0 Å². The van der Waals surface area contributed by atoms with Crippen molar-refractivity contribution >= 4 is 23.1 Å². The van der Waals surface area contributed by atoms with Crippen molar-refractivity contribution in [2.75, 3.05) is 19.8 Å². The summed E-state index contributed by atoms with van der Waals surface area (Å²) in [6.45, 7) is 3.66. The predicted octanol–water partition coefficient (Wildman–Crippen LogP) is 1.77.